The largest absolute Gasteiger partial charge is 0.383 e. The Balaban J connectivity index is 2.02. The number of carbonyl (C=O) groups excluding carboxylic acids is 1. The topological polar surface area (TPSA) is 69.3 Å². The molecule has 20 heavy (non-hydrogen) atoms. The standard InChI is InChI=1S/C15H21N3O2/c1-20-9-6-17-11-12-2-3-14-13(10-12)4-7-18(14)8-5-15(16)19/h2-4,7,10,17H,5-6,8-9,11H2,1H3,(H2,16,19). The molecule has 3 N–H and O–H groups in total. The van der Waals surface area contributed by atoms with Crippen LogP contribution in [0.25, 0.3) is 10.9 Å². The lowest BCUT2D eigenvalue weighted by Crippen LogP contribution is -2.18. The smallest absolute Gasteiger partial charge is 0.219 e. The molecule has 0 bridgehead atoms. The number of carbonyl (C=O) groups is 1. The van der Waals surface area contributed by atoms with Crippen LogP contribution in [0, 0.1) is 0 Å². The number of methoxy groups -OCH3 is 1. The van der Waals surface area contributed by atoms with Gasteiger partial charge in [0.25, 0.3) is 0 Å². The highest BCUT2D eigenvalue weighted by Gasteiger charge is 2.03. The summed E-state index contributed by atoms with van der Waals surface area (Å²) in [5, 5.41) is 4.50. The van der Waals surface area contributed by atoms with E-state index >= 15 is 0 Å². The predicted molar refractivity (Wildman–Crippen MR) is 79.3 cm³/mol. The zero-order valence-electron chi connectivity index (χ0n) is 11.8. The van der Waals surface area contributed by atoms with Crippen LogP contribution >= 0.6 is 0 Å². The number of aromatic nitrogens is 1. The number of nitrogens with one attached hydrogen (secondary N) is 1. The summed E-state index contributed by atoms with van der Waals surface area (Å²) in [4.78, 5) is 10.8. The summed E-state index contributed by atoms with van der Waals surface area (Å²) in [5.41, 5.74) is 7.55. The van der Waals surface area contributed by atoms with E-state index in [1.807, 2.05) is 6.20 Å². The maximum Gasteiger partial charge on any atom is 0.219 e. The Bertz CT molecular complexity index is 578. The Morgan fingerprint density at radius 2 is 2.25 bits per heavy atom. The van der Waals surface area contributed by atoms with Crippen LogP contribution in [-0.4, -0.2) is 30.7 Å². The molecule has 5 nitrogen and oxygen atoms in total. The highest BCUT2D eigenvalue weighted by Crippen LogP contribution is 2.18. The van der Waals surface area contributed by atoms with Gasteiger partial charge in [0.15, 0.2) is 0 Å². The van der Waals surface area contributed by atoms with Crippen LogP contribution in [0.15, 0.2) is 30.5 Å². The third-order valence-electron chi connectivity index (χ3n) is 3.25. The summed E-state index contributed by atoms with van der Waals surface area (Å²) in [6, 6.07) is 8.41. The second-order valence-electron chi connectivity index (χ2n) is 4.79. The van der Waals surface area contributed by atoms with Crippen molar-refractivity contribution in [3.63, 3.8) is 0 Å². The van der Waals surface area contributed by atoms with Gasteiger partial charge in [-0.25, -0.2) is 0 Å². The molecule has 0 spiro atoms. The highest BCUT2D eigenvalue weighted by atomic mass is 16.5. The average Bonchev–Trinajstić information content (AvgIpc) is 2.84. The van der Waals surface area contributed by atoms with Gasteiger partial charge in [0.05, 0.1) is 6.61 Å². The molecule has 5 heteroatoms. The Morgan fingerprint density at radius 3 is 3.00 bits per heavy atom. The average molecular weight is 275 g/mol. The van der Waals surface area contributed by atoms with Gasteiger partial charge in [-0.3, -0.25) is 4.79 Å². The zero-order valence-corrected chi connectivity index (χ0v) is 11.8. The Hall–Kier alpha value is -1.85. The number of hydrogen-bond acceptors (Lipinski definition) is 3. The number of amides is 1. The first-order valence-corrected chi connectivity index (χ1v) is 6.76. The van der Waals surface area contributed by atoms with Gasteiger partial charge in [-0.15, -0.1) is 0 Å². The Morgan fingerprint density at radius 1 is 1.40 bits per heavy atom. The number of primary amides is 1. The minimum absolute atomic E-state index is 0.272. The van der Waals surface area contributed by atoms with Gasteiger partial charge in [0.1, 0.15) is 0 Å². The molecule has 0 aliphatic rings. The van der Waals surface area contributed by atoms with Crippen molar-refractivity contribution in [3.8, 4) is 0 Å². The Kier molecular flexibility index (Phi) is 5.15. The third-order valence-corrected chi connectivity index (χ3v) is 3.25. The second kappa shape index (κ2) is 7.07. The molecule has 1 aromatic carbocycles. The fourth-order valence-electron chi connectivity index (χ4n) is 2.19. The lowest BCUT2D eigenvalue weighted by Gasteiger charge is -2.06. The van der Waals surface area contributed by atoms with E-state index in [0.29, 0.717) is 19.6 Å². The van der Waals surface area contributed by atoms with Gasteiger partial charge in [0, 0.05) is 44.9 Å². The van der Waals surface area contributed by atoms with Crippen molar-refractivity contribution in [2.75, 3.05) is 20.3 Å². The number of hydrogen-bond donors (Lipinski definition) is 2. The van der Waals surface area contributed by atoms with Gasteiger partial charge >= 0.3 is 0 Å². The maximum atomic E-state index is 10.8. The van der Waals surface area contributed by atoms with Crippen LogP contribution in [0.3, 0.4) is 0 Å². The summed E-state index contributed by atoms with van der Waals surface area (Å²) in [7, 11) is 1.70. The minimum Gasteiger partial charge on any atom is -0.383 e. The van der Waals surface area contributed by atoms with Crippen LogP contribution in [0.4, 0.5) is 0 Å². The van der Waals surface area contributed by atoms with E-state index in [4.69, 9.17) is 10.5 Å². The second-order valence-corrected chi connectivity index (χ2v) is 4.79. The molecule has 0 aliphatic heterocycles. The summed E-state index contributed by atoms with van der Waals surface area (Å²) < 4.78 is 7.05. The summed E-state index contributed by atoms with van der Waals surface area (Å²) in [5.74, 6) is -0.272. The van der Waals surface area contributed by atoms with E-state index in [9.17, 15) is 4.79 Å². The number of ether oxygens (including phenoxy) is 1. The van der Waals surface area contributed by atoms with Gasteiger partial charge in [0.2, 0.25) is 5.91 Å². The molecule has 1 aromatic heterocycles. The number of nitrogens with zero attached hydrogens (tertiary/aromatic N) is 1. The molecule has 2 aromatic rings. The molecule has 0 radical (unpaired) electrons. The number of rotatable bonds is 8. The van der Waals surface area contributed by atoms with Gasteiger partial charge < -0.3 is 20.4 Å². The lowest BCUT2D eigenvalue weighted by molar-refractivity contribution is -0.118. The van der Waals surface area contributed by atoms with E-state index in [-0.39, 0.29) is 5.91 Å². The van der Waals surface area contributed by atoms with E-state index in [1.54, 1.807) is 7.11 Å². The van der Waals surface area contributed by atoms with E-state index in [1.165, 1.54) is 10.9 Å². The maximum absolute atomic E-state index is 10.8. The van der Waals surface area contributed by atoms with Crippen molar-refractivity contribution in [1.82, 2.24) is 9.88 Å². The predicted octanol–water partition coefficient (Wildman–Crippen LogP) is 1.25. The SMILES string of the molecule is COCCNCc1ccc2c(ccn2CCC(N)=O)c1. The van der Waals surface area contributed by atoms with Crippen molar-refractivity contribution >= 4 is 16.8 Å². The molecular formula is C15H21N3O2. The molecule has 108 valence electrons. The summed E-state index contributed by atoms with van der Waals surface area (Å²) in [6.07, 6.45) is 2.36. The fourth-order valence-corrected chi connectivity index (χ4v) is 2.19. The third kappa shape index (κ3) is 3.82. The van der Waals surface area contributed by atoms with Crippen molar-refractivity contribution < 1.29 is 9.53 Å². The molecule has 0 fully saturated rings. The van der Waals surface area contributed by atoms with Crippen LogP contribution in [-0.2, 0) is 22.6 Å². The zero-order chi connectivity index (χ0) is 14.4. The van der Waals surface area contributed by atoms with Crippen LogP contribution in [0.1, 0.15) is 12.0 Å². The molecular weight excluding hydrogens is 254 g/mol. The summed E-state index contributed by atoms with van der Waals surface area (Å²) in [6.45, 7) is 3.01. The molecule has 0 saturated heterocycles. The number of aryl methyl sites for hydroxylation is 1. The van der Waals surface area contributed by atoms with Crippen molar-refractivity contribution in [1.29, 1.82) is 0 Å². The van der Waals surface area contributed by atoms with Crippen LogP contribution in [0.5, 0.6) is 0 Å². The molecule has 1 heterocycles. The van der Waals surface area contributed by atoms with E-state index < -0.39 is 0 Å². The van der Waals surface area contributed by atoms with Crippen LogP contribution in [0.2, 0.25) is 0 Å². The monoisotopic (exact) mass is 275 g/mol. The fraction of sp³-hybridized carbons (Fsp3) is 0.400. The first-order valence-electron chi connectivity index (χ1n) is 6.76. The normalized spacial score (nSPS) is 11.1. The van der Waals surface area contributed by atoms with Gasteiger partial charge in [-0.2, -0.15) is 0 Å². The molecule has 0 atom stereocenters. The minimum atomic E-state index is -0.272. The van der Waals surface area contributed by atoms with Crippen molar-refractivity contribution in [2.45, 2.75) is 19.5 Å². The Labute approximate surface area is 118 Å². The number of benzene rings is 1. The molecule has 2 rings (SSSR count). The van der Waals surface area contributed by atoms with Crippen molar-refractivity contribution in [2.24, 2.45) is 5.73 Å². The van der Waals surface area contributed by atoms with Gasteiger partial charge in [-0.1, -0.05) is 6.07 Å². The first-order chi connectivity index (χ1) is 9.70. The molecule has 0 aliphatic carbocycles. The molecule has 0 unspecified atom stereocenters. The molecule has 0 saturated carbocycles. The van der Waals surface area contributed by atoms with Crippen LogP contribution < -0.4 is 11.1 Å². The quantitative estimate of drug-likeness (QED) is 0.712. The first kappa shape index (κ1) is 14.6. The van der Waals surface area contributed by atoms with E-state index in [0.717, 1.165) is 18.6 Å². The number of nitrogens with two attached hydrogens (primary N) is 1. The summed E-state index contributed by atoms with van der Waals surface area (Å²) >= 11 is 0. The highest BCUT2D eigenvalue weighted by molar-refractivity contribution is 5.81. The lowest BCUT2D eigenvalue weighted by atomic mass is 10.1. The molecule has 1 amide bonds. The number of fused-ring (bicyclic) bond motifs is 1. The van der Waals surface area contributed by atoms with Gasteiger partial charge in [-0.05, 0) is 29.1 Å². The van der Waals surface area contributed by atoms with E-state index in [2.05, 4.69) is 34.1 Å². The van der Waals surface area contributed by atoms with Crippen molar-refractivity contribution in [3.05, 3.63) is 36.0 Å².